The molecule has 1 aliphatic heterocycles. The van der Waals surface area contributed by atoms with Gasteiger partial charge in [-0.05, 0) is 125 Å². The van der Waals surface area contributed by atoms with Crippen molar-refractivity contribution in [3.8, 4) is 0 Å². The van der Waals surface area contributed by atoms with E-state index in [1.807, 2.05) is 13.8 Å². The Hall–Kier alpha value is -0.950. The Labute approximate surface area is 247 Å². The predicted molar refractivity (Wildman–Crippen MR) is 158 cm³/mol. The van der Waals surface area contributed by atoms with Gasteiger partial charge >= 0.3 is 5.97 Å². The number of aliphatic hydroxyl groups is 3. The van der Waals surface area contributed by atoms with Gasteiger partial charge < -0.3 is 24.8 Å². The second kappa shape index (κ2) is 9.28. The van der Waals surface area contributed by atoms with Gasteiger partial charge in [-0.3, -0.25) is 0 Å². The summed E-state index contributed by atoms with van der Waals surface area (Å²) < 4.78 is 12.2. The maximum absolute atomic E-state index is 12.6. The number of aliphatic hydroxyl groups excluding tert-OH is 2. The van der Waals surface area contributed by atoms with Crippen molar-refractivity contribution in [2.75, 3.05) is 6.61 Å². The molecule has 0 amide bonds. The van der Waals surface area contributed by atoms with Gasteiger partial charge in [-0.1, -0.05) is 33.3 Å². The van der Waals surface area contributed by atoms with E-state index in [4.69, 9.17) is 9.47 Å². The minimum atomic E-state index is -1.05. The first-order valence-electron chi connectivity index (χ1n) is 16.5. The van der Waals surface area contributed by atoms with E-state index in [2.05, 4.69) is 27.7 Å². The number of allylic oxidation sites excluding steroid dienone is 1. The highest BCUT2D eigenvalue weighted by atomic mass is 16.5. The molecule has 6 nitrogen and oxygen atoms in total. The molecule has 6 aliphatic rings. The Morgan fingerprint density at radius 3 is 2.32 bits per heavy atom. The zero-order valence-electron chi connectivity index (χ0n) is 26.8. The van der Waals surface area contributed by atoms with Crippen LogP contribution in [0.1, 0.15) is 113 Å². The lowest BCUT2D eigenvalue weighted by Gasteiger charge is -2.68. The summed E-state index contributed by atoms with van der Waals surface area (Å²) in [6.07, 6.45) is 9.15. The second-order valence-corrected chi connectivity index (χ2v) is 17.2. The van der Waals surface area contributed by atoms with E-state index in [9.17, 15) is 20.1 Å². The van der Waals surface area contributed by atoms with Crippen LogP contribution in [-0.2, 0) is 14.3 Å². The third-order valence-electron chi connectivity index (χ3n) is 14.4. The van der Waals surface area contributed by atoms with Crippen molar-refractivity contribution in [1.29, 1.82) is 0 Å². The molecule has 41 heavy (non-hydrogen) atoms. The first kappa shape index (κ1) is 30.1. The molecule has 6 rings (SSSR count). The van der Waals surface area contributed by atoms with Gasteiger partial charge in [0.05, 0.1) is 24.4 Å². The topological polar surface area (TPSA) is 96.2 Å². The van der Waals surface area contributed by atoms with E-state index in [-0.39, 0.29) is 45.3 Å². The third-order valence-corrected chi connectivity index (χ3v) is 14.4. The zero-order chi connectivity index (χ0) is 30.0. The van der Waals surface area contributed by atoms with E-state index in [1.54, 1.807) is 19.9 Å². The highest BCUT2D eigenvalue weighted by Crippen LogP contribution is 2.90. The molecule has 3 N–H and O–H groups in total. The van der Waals surface area contributed by atoms with Crippen LogP contribution in [0.25, 0.3) is 0 Å². The van der Waals surface area contributed by atoms with E-state index in [0.717, 1.165) is 44.1 Å². The Morgan fingerprint density at radius 1 is 0.976 bits per heavy atom. The average Bonchev–Trinajstić information content (AvgIpc) is 3.42. The summed E-state index contributed by atoms with van der Waals surface area (Å²) in [6.45, 7) is 17.4. The minimum Gasteiger partial charge on any atom is -0.459 e. The Kier molecular flexibility index (Phi) is 6.81. The van der Waals surface area contributed by atoms with Crippen LogP contribution in [0.15, 0.2) is 11.6 Å². The summed E-state index contributed by atoms with van der Waals surface area (Å²) in [5.41, 5.74) is 0.0655. The number of esters is 1. The number of carbonyl (C=O) groups excluding carboxylic acids is 1. The van der Waals surface area contributed by atoms with E-state index < -0.39 is 17.8 Å². The molecule has 6 fully saturated rings. The molecule has 0 aromatic carbocycles. The number of hydrogen-bond acceptors (Lipinski definition) is 6. The fourth-order valence-electron chi connectivity index (χ4n) is 12.7. The van der Waals surface area contributed by atoms with Gasteiger partial charge in [-0.15, -0.1) is 0 Å². The largest absolute Gasteiger partial charge is 0.459 e. The molecule has 12 atom stereocenters. The molecule has 232 valence electrons. The van der Waals surface area contributed by atoms with E-state index in [0.29, 0.717) is 36.7 Å². The summed E-state index contributed by atoms with van der Waals surface area (Å²) >= 11 is 0. The molecule has 5 aliphatic carbocycles. The van der Waals surface area contributed by atoms with Gasteiger partial charge in [-0.25, -0.2) is 4.79 Å². The molecular weight excluding hydrogens is 516 g/mol. The number of carbonyl (C=O) groups is 1. The molecule has 0 bridgehead atoms. The molecule has 0 spiro atoms. The van der Waals surface area contributed by atoms with Crippen LogP contribution in [0, 0.1) is 50.7 Å². The van der Waals surface area contributed by atoms with Crippen molar-refractivity contribution in [3.05, 3.63) is 11.6 Å². The average molecular weight is 573 g/mol. The first-order valence-corrected chi connectivity index (χ1v) is 16.5. The summed E-state index contributed by atoms with van der Waals surface area (Å²) in [7, 11) is 0. The number of hydrogen-bond donors (Lipinski definition) is 3. The molecule has 0 aromatic heterocycles. The summed E-state index contributed by atoms with van der Waals surface area (Å²) in [5, 5.41) is 33.7. The number of ether oxygens (including phenoxy) is 2. The summed E-state index contributed by atoms with van der Waals surface area (Å²) in [5.74, 6) is 1.32. The van der Waals surface area contributed by atoms with Crippen LogP contribution in [0.2, 0.25) is 0 Å². The highest BCUT2D eigenvalue weighted by Gasteiger charge is 2.85. The van der Waals surface area contributed by atoms with Crippen molar-refractivity contribution < 1.29 is 29.6 Å². The monoisotopic (exact) mass is 572 g/mol. The lowest BCUT2D eigenvalue weighted by atomic mass is 9.37. The molecule has 12 unspecified atom stereocenters. The van der Waals surface area contributed by atoms with Crippen LogP contribution in [0.5, 0.6) is 0 Å². The van der Waals surface area contributed by atoms with Gasteiger partial charge in [0.25, 0.3) is 0 Å². The highest BCUT2D eigenvalue weighted by molar-refractivity contribution is 5.82. The molecule has 1 heterocycles. The Balaban J connectivity index is 1.25. The minimum absolute atomic E-state index is 0.0998. The van der Waals surface area contributed by atoms with Crippen LogP contribution in [0.4, 0.5) is 0 Å². The normalized spacial score (nSPS) is 51.9. The van der Waals surface area contributed by atoms with Gasteiger partial charge in [-0.2, -0.15) is 0 Å². The zero-order valence-corrected chi connectivity index (χ0v) is 26.8. The standard InChI is InChI=1S/C35H56O6/c1-20(2)15-28(38)41-27-11-12-32(7)24-10-13-34-19-35(34,33(24,8)26(37)17-25(32)30(27,3)4)14-9-22(34)21-16-23(36)29(40-18-21)31(5,6)39/h15,21-27,29,36-37,39H,9-14,16-19H2,1-8H3. The summed E-state index contributed by atoms with van der Waals surface area (Å²) in [4.78, 5) is 12.6. The Morgan fingerprint density at radius 2 is 1.68 bits per heavy atom. The molecule has 6 heteroatoms. The van der Waals surface area contributed by atoms with Crippen molar-refractivity contribution >= 4 is 5.97 Å². The van der Waals surface area contributed by atoms with Crippen molar-refractivity contribution in [3.63, 3.8) is 0 Å². The molecule has 1 saturated heterocycles. The number of rotatable bonds is 4. The van der Waals surface area contributed by atoms with Crippen molar-refractivity contribution in [2.45, 2.75) is 143 Å². The van der Waals surface area contributed by atoms with Crippen LogP contribution in [-0.4, -0.2) is 57.9 Å². The molecule has 0 radical (unpaired) electrons. The van der Waals surface area contributed by atoms with Crippen LogP contribution >= 0.6 is 0 Å². The lowest BCUT2D eigenvalue weighted by Crippen LogP contribution is -2.66. The quantitative estimate of drug-likeness (QED) is 0.291. The van der Waals surface area contributed by atoms with E-state index in [1.165, 1.54) is 12.8 Å². The van der Waals surface area contributed by atoms with Gasteiger partial charge in [0.2, 0.25) is 0 Å². The van der Waals surface area contributed by atoms with Crippen molar-refractivity contribution in [2.24, 2.45) is 50.7 Å². The van der Waals surface area contributed by atoms with Gasteiger partial charge in [0.15, 0.2) is 0 Å². The van der Waals surface area contributed by atoms with Crippen LogP contribution < -0.4 is 0 Å². The SMILES string of the molecule is CC(C)=CC(=O)OC1CCC2(C)C(CC(O)C3(C)C2CCC24CC23CCC4C2COC(C(C)(C)O)C(O)C2)C1(C)C. The lowest BCUT2D eigenvalue weighted by molar-refractivity contribution is -0.246. The summed E-state index contributed by atoms with van der Waals surface area (Å²) in [6, 6.07) is 0. The maximum atomic E-state index is 12.6. The molecule has 5 saturated carbocycles. The third kappa shape index (κ3) is 3.98. The Bertz CT molecular complexity index is 1100. The number of fused-ring (bicyclic) bond motifs is 3. The van der Waals surface area contributed by atoms with Gasteiger partial charge in [0.1, 0.15) is 12.2 Å². The van der Waals surface area contributed by atoms with Gasteiger partial charge in [0, 0.05) is 16.9 Å². The molecular formula is C35H56O6. The maximum Gasteiger partial charge on any atom is 0.330 e. The van der Waals surface area contributed by atoms with E-state index >= 15 is 0 Å². The second-order valence-electron chi connectivity index (χ2n) is 17.2. The smallest absolute Gasteiger partial charge is 0.330 e. The van der Waals surface area contributed by atoms with Crippen molar-refractivity contribution in [1.82, 2.24) is 0 Å². The fourth-order valence-corrected chi connectivity index (χ4v) is 12.7. The predicted octanol–water partition coefficient (Wildman–Crippen LogP) is 5.81. The molecule has 0 aromatic rings. The first-order chi connectivity index (χ1) is 18.9. The fraction of sp³-hybridized carbons (Fsp3) is 0.914. The van der Waals surface area contributed by atoms with Crippen LogP contribution in [0.3, 0.4) is 0 Å².